The number of carbonyl (C=O) groups excluding carboxylic acids is 1. The van der Waals surface area contributed by atoms with Gasteiger partial charge in [0.2, 0.25) is 0 Å². The average Bonchev–Trinajstić information content (AvgIpc) is 2.73. The Morgan fingerprint density at radius 3 is 2.37 bits per heavy atom. The molecule has 2 amide bonds. The van der Waals surface area contributed by atoms with Crippen LogP contribution in [0.15, 0.2) is 71.6 Å². The highest BCUT2D eigenvalue weighted by molar-refractivity contribution is 7.98. The van der Waals surface area contributed by atoms with Crippen molar-refractivity contribution in [3.63, 3.8) is 0 Å². The summed E-state index contributed by atoms with van der Waals surface area (Å²) >= 11 is 1.76. The lowest BCUT2D eigenvalue weighted by atomic mass is 10.1. The van der Waals surface area contributed by atoms with Gasteiger partial charge in [0.1, 0.15) is 0 Å². The molecule has 0 aromatic heterocycles. The number of thioether (sulfide) groups is 1. The Hall–Kier alpha value is -2.66. The number of nitrogens with one attached hydrogen (secondary N) is 1. The first-order valence-corrected chi connectivity index (χ1v) is 10.4. The Morgan fingerprint density at radius 1 is 0.889 bits per heavy atom. The number of amides is 2. The van der Waals surface area contributed by atoms with Crippen molar-refractivity contribution < 1.29 is 4.79 Å². The van der Waals surface area contributed by atoms with Crippen LogP contribution in [0.2, 0.25) is 0 Å². The van der Waals surface area contributed by atoms with Crippen LogP contribution in [0.3, 0.4) is 0 Å². The van der Waals surface area contributed by atoms with Gasteiger partial charge < -0.3 is 15.1 Å². The van der Waals surface area contributed by atoms with Crippen LogP contribution in [0, 0.1) is 0 Å². The van der Waals surface area contributed by atoms with E-state index in [-0.39, 0.29) is 6.03 Å². The predicted molar refractivity (Wildman–Crippen MR) is 115 cm³/mol. The van der Waals surface area contributed by atoms with E-state index in [2.05, 4.69) is 52.9 Å². The quantitative estimate of drug-likeness (QED) is 0.659. The molecule has 1 fully saturated rings. The smallest absolute Gasteiger partial charge is 0.321 e. The number of hydrogen-bond donors (Lipinski definition) is 1. The van der Waals surface area contributed by atoms with Crippen LogP contribution in [-0.2, 0) is 0 Å². The number of hydrogen-bond acceptors (Lipinski definition) is 3. The molecular weight excluding hydrogens is 354 g/mol. The second-order valence-corrected chi connectivity index (χ2v) is 7.49. The van der Waals surface area contributed by atoms with E-state index in [0.717, 1.165) is 37.3 Å². The summed E-state index contributed by atoms with van der Waals surface area (Å²) in [5, 5.41) is 5.36. The van der Waals surface area contributed by atoms with Gasteiger partial charge in [-0.3, -0.25) is 0 Å². The molecule has 1 N–H and O–H groups in total. The molecule has 1 aliphatic rings. The molecule has 3 aromatic carbocycles. The zero-order valence-electron chi connectivity index (χ0n) is 15.4. The highest BCUT2D eigenvalue weighted by Crippen LogP contribution is 2.29. The van der Waals surface area contributed by atoms with Crippen molar-refractivity contribution in [2.75, 3.05) is 42.7 Å². The van der Waals surface area contributed by atoms with Crippen molar-refractivity contribution in [3.05, 3.63) is 66.7 Å². The molecule has 0 spiro atoms. The molecule has 0 aliphatic carbocycles. The van der Waals surface area contributed by atoms with Crippen molar-refractivity contribution in [1.29, 1.82) is 0 Å². The minimum Gasteiger partial charge on any atom is -0.367 e. The Labute approximate surface area is 164 Å². The van der Waals surface area contributed by atoms with Crippen molar-refractivity contribution in [2.45, 2.75) is 4.90 Å². The van der Waals surface area contributed by atoms with E-state index in [9.17, 15) is 4.79 Å². The first-order chi connectivity index (χ1) is 13.2. The molecule has 138 valence electrons. The molecular formula is C22H23N3OS. The van der Waals surface area contributed by atoms with Gasteiger partial charge in [-0.05, 0) is 41.3 Å². The number of benzene rings is 3. The largest absolute Gasteiger partial charge is 0.367 e. The van der Waals surface area contributed by atoms with Gasteiger partial charge in [-0.15, -0.1) is 11.8 Å². The molecule has 0 radical (unpaired) electrons. The van der Waals surface area contributed by atoms with Crippen LogP contribution < -0.4 is 10.2 Å². The number of carbonyl (C=O) groups is 1. The topological polar surface area (TPSA) is 35.6 Å². The van der Waals surface area contributed by atoms with Gasteiger partial charge in [-0.25, -0.2) is 4.79 Å². The monoisotopic (exact) mass is 377 g/mol. The second-order valence-electron chi connectivity index (χ2n) is 6.64. The lowest BCUT2D eigenvalue weighted by molar-refractivity contribution is 0.208. The fraction of sp³-hybridized carbons (Fsp3) is 0.227. The Morgan fingerprint density at radius 2 is 1.59 bits per heavy atom. The van der Waals surface area contributed by atoms with Crippen molar-refractivity contribution >= 4 is 39.9 Å². The third-order valence-electron chi connectivity index (χ3n) is 4.99. The number of urea groups is 1. The summed E-state index contributed by atoms with van der Waals surface area (Å²) in [6.07, 6.45) is 2.10. The third kappa shape index (κ3) is 3.88. The van der Waals surface area contributed by atoms with Gasteiger partial charge in [0.15, 0.2) is 0 Å². The van der Waals surface area contributed by atoms with E-state index in [4.69, 9.17) is 0 Å². The fourth-order valence-corrected chi connectivity index (χ4v) is 4.13. The Kier molecular flexibility index (Phi) is 5.21. The van der Waals surface area contributed by atoms with Gasteiger partial charge in [0.25, 0.3) is 0 Å². The summed E-state index contributed by atoms with van der Waals surface area (Å²) in [7, 11) is 0. The molecule has 27 heavy (non-hydrogen) atoms. The summed E-state index contributed by atoms with van der Waals surface area (Å²) in [5.74, 6) is 0. The minimum atomic E-state index is -0.0249. The predicted octanol–water partition coefficient (Wildman–Crippen LogP) is 4.92. The first-order valence-electron chi connectivity index (χ1n) is 9.17. The summed E-state index contributed by atoms with van der Waals surface area (Å²) in [5.41, 5.74) is 2.11. The zero-order chi connectivity index (χ0) is 18.6. The first kappa shape index (κ1) is 17.7. The molecule has 1 aliphatic heterocycles. The number of piperazine rings is 1. The lowest BCUT2D eigenvalue weighted by Crippen LogP contribution is -2.50. The van der Waals surface area contributed by atoms with Gasteiger partial charge in [-0.1, -0.05) is 42.5 Å². The van der Waals surface area contributed by atoms with Crippen LogP contribution in [0.25, 0.3) is 10.8 Å². The van der Waals surface area contributed by atoms with Crippen LogP contribution in [0.4, 0.5) is 16.2 Å². The van der Waals surface area contributed by atoms with Gasteiger partial charge in [0, 0.05) is 36.8 Å². The number of para-hydroxylation sites is 1. The SMILES string of the molecule is CSc1ccccc1N1CCN(C(=O)Nc2ccc3ccccc3c2)CC1. The molecule has 0 atom stereocenters. The van der Waals surface area contributed by atoms with E-state index in [1.807, 2.05) is 35.2 Å². The van der Waals surface area contributed by atoms with Crippen molar-refractivity contribution in [1.82, 2.24) is 4.90 Å². The van der Waals surface area contributed by atoms with E-state index < -0.39 is 0 Å². The molecule has 4 nitrogen and oxygen atoms in total. The summed E-state index contributed by atoms with van der Waals surface area (Å²) in [6.45, 7) is 3.15. The third-order valence-corrected chi connectivity index (χ3v) is 5.78. The number of anilines is 2. The Bertz CT molecular complexity index is 951. The highest BCUT2D eigenvalue weighted by atomic mass is 32.2. The second kappa shape index (κ2) is 7.92. The number of nitrogens with zero attached hydrogens (tertiary/aromatic N) is 2. The molecule has 0 saturated carbocycles. The minimum absolute atomic E-state index is 0.0249. The van der Waals surface area contributed by atoms with Crippen molar-refractivity contribution in [3.8, 4) is 0 Å². The van der Waals surface area contributed by atoms with Gasteiger partial charge in [0.05, 0.1) is 5.69 Å². The summed E-state index contributed by atoms with van der Waals surface area (Å²) in [6, 6.07) is 22.6. The number of rotatable bonds is 3. The fourth-order valence-electron chi connectivity index (χ4n) is 3.51. The maximum absolute atomic E-state index is 12.7. The molecule has 0 unspecified atom stereocenters. The molecule has 5 heteroatoms. The van der Waals surface area contributed by atoms with Crippen LogP contribution >= 0.6 is 11.8 Å². The normalized spacial score (nSPS) is 14.4. The van der Waals surface area contributed by atoms with Crippen LogP contribution in [0.1, 0.15) is 0 Å². The maximum atomic E-state index is 12.7. The van der Waals surface area contributed by atoms with E-state index in [1.165, 1.54) is 16.0 Å². The van der Waals surface area contributed by atoms with Crippen LogP contribution in [-0.4, -0.2) is 43.4 Å². The van der Waals surface area contributed by atoms with Gasteiger partial charge >= 0.3 is 6.03 Å². The van der Waals surface area contributed by atoms with E-state index in [0.29, 0.717) is 0 Å². The molecule has 4 rings (SSSR count). The molecule has 1 saturated heterocycles. The standard InChI is InChI=1S/C22H23N3OS/c1-27-21-9-5-4-8-20(21)24-12-14-25(15-13-24)22(26)23-19-11-10-17-6-2-3-7-18(17)16-19/h2-11,16H,12-15H2,1H3,(H,23,26). The van der Waals surface area contributed by atoms with Crippen molar-refractivity contribution in [2.24, 2.45) is 0 Å². The summed E-state index contributed by atoms with van der Waals surface area (Å²) < 4.78 is 0. The number of fused-ring (bicyclic) bond motifs is 1. The molecule has 0 bridgehead atoms. The summed E-state index contributed by atoms with van der Waals surface area (Å²) in [4.78, 5) is 18.2. The average molecular weight is 378 g/mol. The van der Waals surface area contributed by atoms with E-state index in [1.54, 1.807) is 11.8 Å². The zero-order valence-corrected chi connectivity index (χ0v) is 16.2. The lowest BCUT2D eigenvalue weighted by Gasteiger charge is -2.36. The maximum Gasteiger partial charge on any atom is 0.321 e. The highest BCUT2D eigenvalue weighted by Gasteiger charge is 2.22. The molecule has 1 heterocycles. The molecule has 3 aromatic rings. The van der Waals surface area contributed by atoms with E-state index >= 15 is 0 Å². The van der Waals surface area contributed by atoms with Gasteiger partial charge in [-0.2, -0.15) is 0 Å². The Balaban J connectivity index is 1.39. The van der Waals surface area contributed by atoms with Crippen LogP contribution in [0.5, 0.6) is 0 Å².